The van der Waals surface area contributed by atoms with Crippen molar-refractivity contribution in [3.05, 3.63) is 54.6 Å². The molecular weight excluding hydrogens is 322 g/mol. The molecule has 0 radical (unpaired) electrons. The lowest BCUT2D eigenvalue weighted by Crippen LogP contribution is -2.42. The van der Waals surface area contributed by atoms with Gasteiger partial charge >= 0.3 is 0 Å². The summed E-state index contributed by atoms with van der Waals surface area (Å²) in [6, 6.07) is 16.7. The molecule has 0 aromatic heterocycles. The van der Waals surface area contributed by atoms with Gasteiger partial charge in [0.1, 0.15) is 0 Å². The van der Waals surface area contributed by atoms with E-state index in [9.17, 15) is 13.5 Å². The summed E-state index contributed by atoms with van der Waals surface area (Å²) in [6.45, 7) is 2.62. The molecule has 3 rings (SSSR count). The quantitative estimate of drug-likeness (QED) is 0.926. The number of sulfonamides is 1. The third kappa shape index (κ3) is 3.38. The van der Waals surface area contributed by atoms with Crippen molar-refractivity contribution < 1.29 is 13.5 Å². The van der Waals surface area contributed by atoms with E-state index in [-0.39, 0.29) is 5.92 Å². The van der Waals surface area contributed by atoms with E-state index in [1.54, 1.807) is 19.1 Å². The van der Waals surface area contributed by atoms with Crippen LogP contribution in [0.2, 0.25) is 0 Å². The minimum absolute atomic E-state index is 0.00240. The Kier molecular flexibility index (Phi) is 5.04. The van der Waals surface area contributed by atoms with Crippen LogP contribution < -0.4 is 0 Å². The van der Waals surface area contributed by atoms with Gasteiger partial charge in [0.25, 0.3) is 0 Å². The summed E-state index contributed by atoms with van der Waals surface area (Å²) in [5.41, 5.74) is 1.61. The van der Waals surface area contributed by atoms with Crippen LogP contribution in [-0.2, 0) is 10.0 Å². The van der Waals surface area contributed by atoms with Gasteiger partial charge in [0.05, 0.1) is 11.0 Å². The normalized spacial score (nSPS) is 20.7. The highest BCUT2D eigenvalue weighted by Crippen LogP contribution is 2.31. The SMILES string of the molecule is CC(O)C1CCCN(S(=O)(=O)c2ccccc2-c2ccccc2)C1. The highest BCUT2D eigenvalue weighted by molar-refractivity contribution is 7.89. The summed E-state index contributed by atoms with van der Waals surface area (Å²) in [4.78, 5) is 0.336. The number of piperidine rings is 1. The summed E-state index contributed by atoms with van der Waals surface area (Å²) in [5, 5.41) is 9.84. The van der Waals surface area contributed by atoms with Crippen LogP contribution in [0.4, 0.5) is 0 Å². The molecule has 1 aliphatic rings. The minimum Gasteiger partial charge on any atom is -0.393 e. The molecule has 24 heavy (non-hydrogen) atoms. The summed E-state index contributed by atoms with van der Waals surface area (Å²) in [7, 11) is -3.59. The van der Waals surface area contributed by atoms with Gasteiger partial charge in [-0.25, -0.2) is 8.42 Å². The number of rotatable bonds is 4. The molecule has 5 heteroatoms. The van der Waals surface area contributed by atoms with Crippen molar-refractivity contribution in [3.63, 3.8) is 0 Å². The fourth-order valence-corrected chi connectivity index (χ4v) is 5.02. The number of hydrogen-bond donors (Lipinski definition) is 1. The zero-order valence-electron chi connectivity index (χ0n) is 13.8. The van der Waals surface area contributed by atoms with Gasteiger partial charge in [-0.15, -0.1) is 0 Å². The van der Waals surface area contributed by atoms with Gasteiger partial charge < -0.3 is 5.11 Å². The standard InChI is InChI=1S/C19H23NO3S/c1-15(21)17-10-7-13-20(14-17)24(22,23)19-12-6-5-11-18(19)16-8-3-2-4-9-16/h2-6,8-9,11-12,15,17,21H,7,10,13-14H2,1H3. The van der Waals surface area contributed by atoms with Crippen molar-refractivity contribution in [3.8, 4) is 11.1 Å². The Morgan fingerprint density at radius 2 is 1.75 bits per heavy atom. The fourth-order valence-electron chi connectivity index (χ4n) is 3.27. The maximum Gasteiger partial charge on any atom is 0.243 e. The van der Waals surface area contributed by atoms with Crippen molar-refractivity contribution in [1.29, 1.82) is 0 Å². The molecule has 1 N–H and O–H groups in total. The van der Waals surface area contributed by atoms with E-state index in [0.29, 0.717) is 18.0 Å². The molecule has 0 spiro atoms. The van der Waals surface area contributed by atoms with Crippen molar-refractivity contribution in [1.82, 2.24) is 4.31 Å². The fraction of sp³-hybridized carbons (Fsp3) is 0.368. The molecule has 0 saturated carbocycles. The first-order valence-corrected chi connectivity index (χ1v) is 9.77. The Bertz CT molecular complexity index is 787. The van der Waals surface area contributed by atoms with E-state index in [4.69, 9.17) is 0 Å². The smallest absolute Gasteiger partial charge is 0.243 e. The van der Waals surface area contributed by atoms with Crippen molar-refractivity contribution in [2.24, 2.45) is 5.92 Å². The number of nitrogens with zero attached hydrogens (tertiary/aromatic N) is 1. The van der Waals surface area contributed by atoms with Crippen LogP contribution in [0.5, 0.6) is 0 Å². The van der Waals surface area contributed by atoms with Gasteiger partial charge in [-0.1, -0.05) is 48.5 Å². The molecule has 1 fully saturated rings. The number of hydrogen-bond acceptors (Lipinski definition) is 3. The lowest BCUT2D eigenvalue weighted by molar-refractivity contribution is 0.0885. The molecule has 2 unspecified atom stereocenters. The molecule has 0 amide bonds. The first-order chi connectivity index (χ1) is 11.5. The predicted octanol–water partition coefficient (Wildman–Crippen LogP) is 3.14. The first-order valence-electron chi connectivity index (χ1n) is 8.33. The van der Waals surface area contributed by atoms with E-state index < -0.39 is 16.1 Å². The van der Waals surface area contributed by atoms with Gasteiger partial charge in [0.2, 0.25) is 10.0 Å². The lowest BCUT2D eigenvalue weighted by Gasteiger charge is -2.33. The average molecular weight is 345 g/mol. The highest BCUT2D eigenvalue weighted by atomic mass is 32.2. The maximum atomic E-state index is 13.2. The van der Waals surface area contributed by atoms with Crippen LogP contribution in [0.1, 0.15) is 19.8 Å². The van der Waals surface area contributed by atoms with Gasteiger partial charge in [-0.3, -0.25) is 0 Å². The lowest BCUT2D eigenvalue weighted by atomic mass is 9.95. The van der Waals surface area contributed by atoms with E-state index in [1.165, 1.54) is 4.31 Å². The number of aliphatic hydroxyl groups excluding tert-OH is 1. The number of aliphatic hydroxyl groups is 1. The molecule has 128 valence electrons. The molecule has 1 heterocycles. The maximum absolute atomic E-state index is 13.2. The molecule has 2 atom stereocenters. The van der Waals surface area contributed by atoms with Gasteiger partial charge in [-0.05, 0) is 37.3 Å². The van der Waals surface area contributed by atoms with Crippen molar-refractivity contribution >= 4 is 10.0 Å². The Morgan fingerprint density at radius 1 is 1.08 bits per heavy atom. The van der Waals surface area contributed by atoms with E-state index in [1.807, 2.05) is 42.5 Å². The van der Waals surface area contributed by atoms with Crippen LogP contribution in [0.25, 0.3) is 11.1 Å². The monoisotopic (exact) mass is 345 g/mol. The Hall–Kier alpha value is -1.69. The van der Waals surface area contributed by atoms with Crippen molar-refractivity contribution in [2.75, 3.05) is 13.1 Å². The summed E-state index contributed by atoms with van der Waals surface area (Å²) < 4.78 is 27.9. The minimum atomic E-state index is -3.59. The zero-order chi connectivity index (χ0) is 17.2. The molecule has 0 bridgehead atoms. The van der Waals surface area contributed by atoms with Gasteiger partial charge in [0.15, 0.2) is 0 Å². The van der Waals surface area contributed by atoms with E-state index in [0.717, 1.165) is 24.0 Å². The van der Waals surface area contributed by atoms with E-state index >= 15 is 0 Å². The molecule has 2 aromatic rings. The Balaban J connectivity index is 1.99. The third-order valence-electron chi connectivity index (χ3n) is 4.69. The summed E-state index contributed by atoms with van der Waals surface area (Å²) >= 11 is 0. The zero-order valence-corrected chi connectivity index (χ0v) is 14.6. The molecule has 1 saturated heterocycles. The van der Waals surface area contributed by atoms with Crippen LogP contribution in [0, 0.1) is 5.92 Å². The summed E-state index contributed by atoms with van der Waals surface area (Å²) in [5.74, 6) is -0.00240. The van der Waals surface area contributed by atoms with Gasteiger partial charge in [0, 0.05) is 18.7 Å². The molecule has 2 aromatic carbocycles. The van der Waals surface area contributed by atoms with Crippen LogP contribution in [0.3, 0.4) is 0 Å². The Labute approximate surface area is 143 Å². The second-order valence-electron chi connectivity index (χ2n) is 6.37. The van der Waals surface area contributed by atoms with Crippen LogP contribution in [-0.4, -0.2) is 37.0 Å². The Morgan fingerprint density at radius 3 is 2.46 bits per heavy atom. The largest absolute Gasteiger partial charge is 0.393 e. The van der Waals surface area contributed by atoms with Crippen LogP contribution >= 0.6 is 0 Å². The second kappa shape index (κ2) is 7.05. The molecule has 4 nitrogen and oxygen atoms in total. The molecule has 1 aliphatic heterocycles. The van der Waals surface area contributed by atoms with Crippen LogP contribution in [0.15, 0.2) is 59.5 Å². The van der Waals surface area contributed by atoms with E-state index in [2.05, 4.69) is 0 Å². The van der Waals surface area contributed by atoms with Crippen molar-refractivity contribution in [2.45, 2.75) is 30.8 Å². The highest BCUT2D eigenvalue weighted by Gasteiger charge is 2.33. The first kappa shape index (κ1) is 17.1. The average Bonchev–Trinajstić information content (AvgIpc) is 2.62. The summed E-state index contributed by atoms with van der Waals surface area (Å²) in [6.07, 6.45) is 1.15. The molecule has 0 aliphatic carbocycles. The van der Waals surface area contributed by atoms with Gasteiger partial charge in [-0.2, -0.15) is 4.31 Å². The third-order valence-corrected chi connectivity index (χ3v) is 6.62. The predicted molar refractivity (Wildman–Crippen MR) is 95.0 cm³/mol. The number of benzene rings is 2. The second-order valence-corrected chi connectivity index (χ2v) is 8.27. The topological polar surface area (TPSA) is 57.6 Å². The molecular formula is C19H23NO3S.